The maximum absolute atomic E-state index is 10.5. The number of carboxylic acid groups (broad SMARTS) is 1. The summed E-state index contributed by atoms with van der Waals surface area (Å²) < 4.78 is 1.72. The Bertz CT molecular complexity index is 578. The van der Waals surface area contributed by atoms with Gasteiger partial charge < -0.3 is 5.11 Å². The molecule has 94 valence electrons. The summed E-state index contributed by atoms with van der Waals surface area (Å²) in [6, 6.07) is 5.62. The number of hydrogen-bond donors (Lipinski definition) is 1. The largest absolute Gasteiger partial charge is 0.481 e. The van der Waals surface area contributed by atoms with E-state index in [-0.39, 0.29) is 6.42 Å². The van der Waals surface area contributed by atoms with Gasteiger partial charge in [0.25, 0.3) is 0 Å². The smallest absolute Gasteiger partial charge is 0.303 e. The zero-order valence-electron chi connectivity index (χ0n) is 9.93. The van der Waals surface area contributed by atoms with Crippen molar-refractivity contribution in [1.29, 1.82) is 0 Å². The fourth-order valence-electron chi connectivity index (χ4n) is 1.72. The first-order valence-electron chi connectivity index (χ1n) is 5.59. The molecular formula is C13H13ClN2O2. The lowest BCUT2D eigenvalue weighted by Crippen LogP contribution is -1.98. The molecule has 1 aromatic heterocycles. The highest BCUT2D eigenvalue weighted by atomic mass is 35.5. The van der Waals surface area contributed by atoms with Gasteiger partial charge in [-0.1, -0.05) is 17.7 Å². The molecule has 0 aliphatic rings. The third-order valence-corrected chi connectivity index (χ3v) is 3.16. The molecule has 1 aromatic carbocycles. The highest BCUT2D eigenvalue weighted by molar-refractivity contribution is 6.31. The minimum absolute atomic E-state index is 0.111. The van der Waals surface area contributed by atoms with Gasteiger partial charge >= 0.3 is 5.97 Å². The number of aliphatic carboxylic acids is 1. The van der Waals surface area contributed by atoms with Gasteiger partial charge in [-0.3, -0.25) is 4.79 Å². The molecule has 18 heavy (non-hydrogen) atoms. The Labute approximate surface area is 110 Å². The number of carbonyl (C=O) groups is 1. The Morgan fingerprint density at radius 1 is 1.50 bits per heavy atom. The van der Waals surface area contributed by atoms with Crippen LogP contribution in [0.15, 0.2) is 30.6 Å². The van der Waals surface area contributed by atoms with E-state index in [0.29, 0.717) is 11.4 Å². The molecule has 0 unspecified atom stereocenters. The van der Waals surface area contributed by atoms with E-state index in [9.17, 15) is 4.79 Å². The van der Waals surface area contributed by atoms with Crippen LogP contribution >= 0.6 is 11.6 Å². The van der Waals surface area contributed by atoms with Crippen LogP contribution in [0.1, 0.15) is 17.5 Å². The van der Waals surface area contributed by atoms with Gasteiger partial charge in [0.15, 0.2) is 0 Å². The van der Waals surface area contributed by atoms with Gasteiger partial charge in [0.05, 0.1) is 11.9 Å². The lowest BCUT2D eigenvalue weighted by Gasteiger charge is -2.06. The number of rotatable bonds is 4. The van der Waals surface area contributed by atoms with Crippen LogP contribution in [0.3, 0.4) is 0 Å². The summed E-state index contributed by atoms with van der Waals surface area (Å²) in [4.78, 5) is 10.5. The lowest BCUT2D eigenvalue weighted by atomic mass is 10.2. The van der Waals surface area contributed by atoms with Crippen molar-refractivity contribution in [3.05, 3.63) is 46.7 Å². The van der Waals surface area contributed by atoms with Gasteiger partial charge in [-0.25, -0.2) is 4.68 Å². The second kappa shape index (κ2) is 5.23. The molecule has 0 aliphatic carbocycles. The van der Waals surface area contributed by atoms with Gasteiger partial charge in [0.1, 0.15) is 0 Å². The number of nitrogens with zero attached hydrogens (tertiary/aromatic N) is 2. The summed E-state index contributed by atoms with van der Waals surface area (Å²) in [6.07, 6.45) is 4.11. The van der Waals surface area contributed by atoms with E-state index in [1.54, 1.807) is 10.9 Å². The Balaban J connectivity index is 2.24. The van der Waals surface area contributed by atoms with Gasteiger partial charge in [-0.15, -0.1) is 0 Å². The average molecular weight is 265 g/mol. The van der Waals surface area contributed by atoms with Gasteiger partial charge in [0, 0.05) is 17.6 Å². The zero-order valence-corrected chi connectivity index (χ0v) is 10.7. The molecule has 0 atom stereocenters. The molecule has 1 N–H and O–H groups in total. The van der Waals surface area contributed by atoms with E-state index in [1.807, 2.05) is 31.3 Å². The van der Waals surface area contributed by atoms with Crippen molar-refractivity contribution in [3.8, 4) is 5.69 Å². The van der Waals surface area contributed by atoms with E-state index in [4.69, 9.17) is 16.7 Å². The summed E-state index contributed by atoms with van der Waals surface area (Å²) >= 11 is 6.05. The van der Waals surface area contributed by atoms with Gasteiger partial charge in [0.2, 0.25) is 0 Å². The Kier molecular flexibility index (Phi) is 3.67. The molecule has 0 bridgehead atoms. The first-order valence-corrected chi connectivity index (χ1v) is 5.96. The molecule has 4 nitrogen and oxygen atoms in total. The summed E-state index contributed by atoms with van der Waals surface area (Å²) in [5.74, 6) is -0.804. The number of benzene rings is 1. The minimum atomic E-state index is -0.804. The van der Waals surface area contributed by atoms with E-state index >= 15 is 0 Å². The molecule has 0 spiro atoms. The van der Waals surface area contributed by atoms with E-state index in [1.165, 1.54) is 0 Å². The molecule has 2 aromatic rings. The topological polar surface area (TPSA) is 55.1 Å². The maximum Gasteiger partial charge on any atom is 0.303 e. The first-order chi connectivity index (χ1) is 8.58. The molecule has 0 saturated carbocycles. The van der Waals surface area contributed by atoms with Crippen molar-refractivity contribution >= 4 is 17.6 Å². The third kappa shape index (κ3) is 2.71. The van der Waals surface area contributed by atoms with Crippen molar-refractivity contribution in [2.75, 3.05) is 0 Å². The predicted octanol–water partition coefficient (Wildman–Crippen LogP) is 2.85. The SMILES string of the molecule is Cc1c(Cl)cccc1-n1cc(CCC(=O)O)cn1. The van der Waals surface area contributed by atoms with Gasteiger partial charge in [-0.2, -0.15) is 5.10 Å². The Hall–Kier alpha value is -1.81. The van der Waals surface area contributed by atoms with Crippen LogP contribution < -0.4 is 0 Å². The number of hydrogen-bond acceptors (Lipinski definition) is 2. The van der Waals surface area contributed by atoms with Crippen LogP contribution in [0.4, 0.5) is 0 Å². The number of aromatic nitrogens is 2. The minimum Gasteiger partial charge on any atom is -0.481 e. The molecule has 0 aliphatic heterocycles. The highest BCUT2D eigenvalue weighted by Crippen LogP contribution is 2.21. The van der Waals surface area contributed by atoms with E-state index in [0.717, 1.165) is 16.8 Å². The van der Waals surface area contributed by atoms with Crippen LogP contribution in [0.5, 0.6) is 0 Å². The predicted molar refractivity (Wildman–Crippen MR) is 69.3 cm³/mol. The quantitative estimate of drug-likeness (QED) is 0.924. The normalized spacial score (nSPS) is 10.6. The van der Waals surface area contributed by atoms with E-state index < -0.39 is 5.97 Å². The molecule has 0 radical (unpaired) electrons. The monoisotopic (exact) mass is 264 g/mol. The molecular weight excluding hydrogens is 252 g/mol. The average Bonchev–Trinajstić information content (AvgIpc) is 2.78. The highest BCUT2D eigenvalue weighted by Gasteiger charge is 2.07. The fourth-order valence-corrected chi connectivity index (χ4v) is 1.89. The first kappa shape index (κ1) is 12.6. The van der Waals surface area contributed by atoms with Crippen molar-refractivity contribution in [2.24, 2.45) is 0 Å². The molecule has 2 rings (SSSR count). The van der Waals surface area contributed by atoms with Crippen molar-refractivity contribution < 1.29 is 9.90 Å². The van der Waals surface area contributed by atoms with Crippen molar-refractivity contribution in [3.63, 3.8) is 0 Å². The Morgan fingerprint density at radius 3 is 3.00 bits per heavy atom. The molecule has 0 fully saturated rings. The summed E-state index contributed by atoms with van der Waals surface area (Å²) in [5.41, 5.74) is 2.76. The summed E-state index contributed by atoms with van der Waals surface area (Å²) in [5, 5.41) is 13.6. The maximum atomic E-state index is 10.5. The second-order valence-electron chi connectivity index (χ2n) is 4.07. The van der Waals surface area contributed by atoms with Crippen LogP contribution in [0, 0.1) is 6.92 Å². The van der Waals surface area contributed by atoms with Crippen LogP contribution in [-0.4, -0.2) is 20.9 Å². The van der Waals surface area contributed by atoms with Crippen molar-refractivity contribution in [1.82, 2.24) is 9.78 Å². The zero-order chi connectivity index (χ0) is 13.1. The standard InChI is InChI=1S/C13H13ClN2O2/c1-9-11(14)3-2-4-12(9)16-8-10(7-15-16)5-6-13(17)18/h2-4,7-8H,5-6H2,1H3,(H,17,18). The summed E-state index contributed by atoms with van der Waals surface area (Å²) in [6.45, 7) is 1.93. The number of aryl methyl sites for hydroxylation is 1. The second-order valence-corrected chi connectivity index (χ2v) is 4.48. The van der Waals surface area contributed by atoms with Crippen molar-refractivity contribution in [2.45, 2.75) is 19.8 Å². The number of halogens is 1. The van der Waals surface area contributed by atoms with E-state index in [2.05, 4.69) is 5.10 Å². The Morgan fingerprint density at radius 2 is 2.28 bits per heavy atom. The fraction of sp³-hybridized carbons (Fsp3) is 0.231. The third-order valence-electron chi connectivity index (χ3n) is 2.75. The number of carboxylic acids is 1. The molecule has 5 heteroatoms. The lowest BCUT2D eigenvalue weighted by molar-refractivity contribution is -0.136. The molecule has 1 heterocycles. The summed E-state index contributed by atoms with van der Waals surface area (Å²) in [7, 11) is 0. The molecule has 0 amide bonds. The van der Waals surface area contributed by atoms with Crippen LogP contribution in [-0.2, 0) is 11.2 Å². The molecule has 0 saturated heterocycles. The van der Waals surface area contributed by atoms with Gasteiger partial charge in [-0.05, 0) is 36.6 Å². The van der Waals surface area contributed by atoms with Crippen LogP contribution in [0.2, 0.25) is 5.02 Å². The van der Waals surface area contributed by atoms with Crippen LogP contribution in [0.25, 0.3) is 5.69 Å².